The topological polar surface area (TPSA) is 57.8 Å². The predicted octanol–water partition coefficient (Wildman–Crippen LogP) is 4.30. The Balaban J connectivity index is 1.72. The second-order valence-electron chi connectivity index (χ2n) is 5.58. The molecule has 0 aliphatic rings. The van der Waals surface area contributed by atoms with Crippen LogP contribution in [0.25, 0.3) is 11.0 Å². The average Bonchev–Trinajstić information content (AvgIpc) is 2.93. The molecule has 1 atom stereocenters. The summed E-state index contributed by atoms with van der Waals surface area (Å²) in [7, 11) is 0. The highest BCUT2D eigenvalue weighted by atomic mass is 32.2. The predicted molar refractivity (Wildman–Crippen MR) is 96.0 cm³/mol. The number of amides is 1. The van der Waals surface area contributed by atoms with Crippen LogP contribution in [0.1, 0.15) is 18.1 Å². The maximum absolute atomic E-state index is 12.5. The molecule has 0 saturated carbocycles. The number of fused-ring (bicyclic) bond motifs is 1. The largest absolute Gasteiger partial charge is 0.333 e. The van der Waals surface area contributed by atoms with Crippen LogP contribution in [0.3, 0.4) is 0 Å². The zero-order valence-corrected chi connectivity index (χ0v) is 14.2. The fourth-order valence-corrected chi connectivity index (χ4v) is 3.26. The molecule has 118 valence electrons. The van der Waals surface area contributed by atoms with E-state index in [1.165, 1.54) is 11.8 Å². The molecule has 1 aromatic heterocycles. The summed E-state index contributed by atoms with van der Waals surface area (Å²) in [5.41, 5.74) is 4.93. The van der Waals surface area contributed by atoms with Crippen molar-refractivity contribution in [1.82, 2.24) is 9.97 Å². The summed E-state index contributed by atoms with van der Waals surface area (Å²) >= 11 is 1.43. The van der Waals surface area contributed by atoms with E-state index in [0.29, 0.717) is 0 Å². The second kappa shape index (κ2) is 6.46. The van der Waals surface area contributed by atoms with Gasteiger partial charge >= 0.3 is 0 Å². The third-order valence-electron chi connectivity index (χ3n) is 3.75. The van der Waals surface area contributed by atoms with Gasteiger partial charge in [-0.05, 0) is 44.0 Å². The zero-order chi connectivity index (χ0) is 16.4. The third kappa shape index (κ3) is 3.40. The van der Waals surface area contributed by atoms with Crippen molar-refractivity contribution in [3.05, 3.63) is 53.6 Å². The van der Waals surface area contributed by atoms with E-state index in [0.717, 1.165) is 33.0 Å². The van der Waals surface area contributed by atoms with Gasteiger partial charge in [-0.1, -0.05) is 42.1 Å². The number of imidazole rings is 1. The number of carbonyl (C=O) groups is 1. The van der Waals surface area contributed by atoms with Crippen molar-refractivity contribution in [1.29, 1.82) is 0 Å². The van der Waals surface area contributed by atoms with E-state index in [1.54, 1.807) is 0 Å². The van der Waals surface area contributed by atoms with E-state index >= 15 is 0 Å². The van der Waals surface area contributed by atoms with Gasteiger partial charge in [0, 0.05) is 5.69 Å². The Morgan fingerprint density at radius 1 is 1.13 bits per heavy atom. The number of hydrogen-bond donors (Lipinski definition) is 2. The Hall–Kier alpha value is -2.27. The van der Waals surface area contributed by atoms with Gasteiger partial charge in [0.15, 0.2) is 5.16 Å². The molecule has 2 aromatic carbocycles. The third-order valence-corrected chi connectivity index (χ3v) is 4.74. The van der Waals surface area contributed by atoms with Crippen LogP contribution >= 0.6 is 11.8 Å². The number of carbonyl (C=O) groups excluding carboxylic acids is 1. The minimum atomic E-state index is -0.241. The molecule has 1 heterocycles. The number of para-hydroxylation sites is 3. The molecule has 0 spiro atoms. The molecule has 3 rings (SSSR count). The Morgan fingerprint density at radius 2 is 1.83 bits per heavy atom. The molecule has 1 unspecified atom stereocenters. The summed E-state index contributed by atoms with van der Waals surface area (Å²) < 4.78 is 0. The standard InChI is InChI=1S/C18H19N3OS/c1-11-7-6-8-12(2)16(11)21-17(22)13(3)23-18-19-14-9-4-5-10-15(14)20-18/h4-10,13H,1-3H3,(H,19,20)(H,21,22). The molecule has 0 fully saturated rings. The van der Waals surface area contributed by atoms with Crippen molar-refractivity contribution >= 4 is 34.4 Å². The molecule has 5 heteroatoms. The molecule has 3 aromatic rings. The van der Waals surface area contributed by atoms with Crippen molar-refractivity contribution in [3.63, 3.8) is 0 Å². The summed E-state index contributed by atoms with van der Waals surface area (Å²) in [6, 6.07) is 13.8. The number of rotatable bonds is 4. The first kappa shape index (κ1) is 15.6. The lowest BCUT2D eigenvalue weighted by molar-refractivity contribution is -0.115. The molecule has 0 aliphatic carbocycles. The number of nitrogens with one attached hydrogen (secondary N) is 2. The number of benzene rings is 2. The van der Waals surface area contributed by atoms with Crippen molar-refractivity contribution in [2.45, 2.75) is 31.2 Å². The van der Waals surface area contributed by atoms with Crippen LogP contribution in [0.4, 0.5) is 5.69 Å². The number of H-pyrrole nitrogens is 1. The average molecular weight is 325 g/mol. The zero-order valence-electron chi connectivity index (χ0n) is 13.4. The van der Waals surface area contributed by atoms with E-state index in [4.69, 9.17) is 0 Å². The molecule has 2 N–H and O–H groups in total. The number of nitrogens with zero attached hydrogens (tertiary/aromatic N) is 1. The second-order valence-corrected chi connectivity index (χ2v) is 6.90. The monoisotopic (exact) mass is 325 g/mol. The minimum absolute atomic E-state index is 0.0205. The lowest BCUT2D eigenvalue weighted by atomic mass is 10.1. The molecule has 23 heavy (non-hydrogen) atoms. The van der Waals surface area contributed by atoms with Crippen molar-refractivity contribution in [2.75, 3.05) is 5.32 Å². The van der Waals surface area contributed by atoms with Crippen molar-refractivity contribution < 1.29 is 4.79 Å². The van der Waals surface area contributed by atoms with Crippen LogP contribution in [0.5, 0.6) is 0 Å². The van der Waals surface area contributed by atoms with Crippen LogP contribution in [-0.4, -0.2) is 21.1 Å². The van der Waals surface area contributed by atoms with Crippen LogP contribution < -0.4 is 5.32 Å². The fourth-order valence-electron chi connectivity index (χ4n) is 2.44. The van der Waals surface area contributed by atoms with E-state index in [1.807, 2.05) is 63.2 Å². The molecule has 0 saturated heterocycles. The number of anilines is 1. The molecule has 1 amide bonds. The Kier molecular flexibility index (Phi) is 4.39. The number of aromatic nitrogens is 2. The Morgan fingerprint density at radius 3 is 2.52 bits per heavy atom. The summed E-state index contributed by atoms with van der Waals surface area (Å²) in [6.45, 7) is 5.89. The summed E-state index contributed by atoms with van der Waals surface area (Å²) in [4.78, 5) is 20.2. The van der Waals surface area contributed by atoms with Gasteiger partial charge in [-0.3, -0.25) is 4.79 Å². The lowest BCUT2D eigenvalue weighted by Crippen LogP contribution is -2.23. The van der Waals surface area contributed by atoms with Crippen molar-refractivity contribution in [2.24, 2.45) is 0 Å². The van der Waals surface area contributed by atoms with E-state index < -0.39 is 0 Å². The quantitative estimate of drug-likeness (QED) is 0.703. The molecule has 4 nitrogen and oxygen atoms in total. The maximum Gasteiger partial charge on any atom is 0.237 e. The Labute approximate surface area is 139 Å². The maximum atomic E-state index is 12.5. The summed E-state index contributed by atoms with van der Waals surface area (Å²) in [5, 5.41) is 3.55. The highest BCUT2D eigenvalue weighted by Crippen LogP contribution is 2.25. The molecule has 0 aliphatic heterocycles. The van der Waals surface area contributed by atoms with Gasteiger partial charge in [-0.15, -0.1) is 0 Å². The molecular weight excluding hydrogens is 306 g/mol. The molecular formula is C18H19N3OS. The molecule has 0 radical (unpaired) electrons. The summed E-state index contributed by atoms with van der Waals surface area (Å²) in [6.07, 6.45) is 0. The van der Waals surface area contributed by atoms with Gasteiger partial charge < -0.3 is 10.3 Å². The minimum Gasteiger partial charge on any atom is -0.333 e. The molecule has 0 bridgehead atoms. The number of aryl methyl sites for hydroxylation is 2. The first-order chi connectivity index (χ1) is 11.0. The normalized spacial score (nSPS) is 12.3. The lowest BCUT2D eigenvalue weighted by Gasteiger charge is -2.14. The fraction of sp³-hybridized carbons (Fsp3) is 0.222. The van der Waals surface area contributed by atoms with Crippen LogP contribution in [0, 0.1) is 13.8 Å². The highest BCUT2D eigenvalue weighted by molar-refractivity contribution is 8.00. The number of thioether (sulfide) groups is 1. The smallest absolute Gasteiger partial charge is 0.237 e. The van der Waals surface area contributed by atoms with E-state index in [-0.39, 0.29) is 11.2 Å². The van der Waals surface area contributed by atoms with Gasteiger partial charge in [0.1, 0.15) is 0 Å². The highest BCUT2D eigenvalue weighted by Gasteiger charge is 2.18. The van der Waals surface area contributed by atoms with E-state index in [9.17, 15) is 4.79 Å². The first-order valence-corrected chi connectivity index (χ1v) is 8.41. The van der Waals surface area contributed by atoms with E-state index in [2.05, 4.69) is 15.3 Å². The van der Waals surface area contributed by atoms with Gasteiger partial charge in [0.25, 0.3) is 0 Å². The summed E-state index contributed by atoms with van der Waals surface area (Å²) in [5.74, 6) is -0.0205. The number of aromatic amines is 1. The number of hydrogen-bond acceptors (Lipinski definition) is 3. The Bertz CT molecular complexity index is 803. The van der Waals surface area contributed by atoms with Gasteiger partial charge in [-0.25, -0.2) is 4.98 Å². The van der Waals surface area contributed by atoms with Gasteiger partial charge in [0.2, 0.25) is 5.91 Å². The van der Waals surface area contributed by atoms with Gasteiger partial charge in [-0.2, -0.15) is 0 Å². The van der Waals surface area contributed by atoms with Gasteiger partial charge in [0.05, 0.1) is 16.3 Å². The van der Waals surface area contributed by atoms with Crippen molar-refractivity contribution in [3.8, 4) is 0 Å². The first-order valence-electron chi connectivity index (χ1n) is 7.53. The van der Waals surface area contributed by atoms with Crippen LogP contribution in [-0.2, 0) is 4.79 Å². The SMILES string of the molecule is Cc1cccc(C)c1NC(=O)C(C)Sc1nc2ccccc2[nH]1. The van der Waals surface area contributed by atoms with Crippen LogP contribution in [0.15, 0.2) is 47.6 Å². The van der Waals surface area contributed by atoms with Crippen LogP contribution in [0.2, 0.25) is 0 Å².